The van der Waals surface area contributed by atoms with Crippen LogP contribution in [0.5, 0.6) is 0 Å². The van der Waals surface area contributed by atoms with Gasteiger partial charge >= 0.3 is 0 Å². The third kappa shape index (κ3) is 8.55. The standard InChI is InChI=1S/C10H20F2N2O2/c1-10(2,3)14-5-4-8(16)13-6-7(15)9(11)12/h7,9,14-15H,4-6H2,1-3H3,(H,13,16). The number of aliphatic hydroxyl groups excluding tert-OH is 1. The van der Waals surface area contributed by atoms with Crippen molar-refractivity contribution in [3.63, 3.8) is 0 Å². The number of hydrogen-bond donors (Lipinski definition) is 3. The van der Waals surface area contributed by atoms with E-state index in [1.807, 2.05) is 20.8 Å². The molecule has 0 fully saturated rings. The van der Waals surface area contributed by atoms with Crippen LogP contribution in [0, 0.1) is 0 Å². The van der Waals surface area contributed by atoms with E-state index in [2.05, 4.69) is 10.6 Å². The maximum atomic E-state index is 11.9. The van der Waals surface area contributed by atoms with Crippen molar-refractivity contribution in [2.24, 2.45) is 0 Å². The molecule has 0 aromatic carbocycles. The fraction of sp³-hybridized carbons (Fsp3) is 0.900. The fourth-order valence-corrected chi connectivity index (χ4v) is 0.947. The van der Waals surface area contributed by atoms with Gasteiger partial charge in [-0.15, -0.1) is 0 Å². The van der Waals surface area contributed by atoms with Gasteiger partial charge in [-0.25, -0.2) is 8.78 Å². The lowest BCUT2D eigenvalue weighted by Gasteiger charge is -2.20. The zero-order chi connectivity index (χ0) is 12.8. The normalized spacial score (nSPS) is 13.9. The summed E-state index contributed by atoms with van der Waals surface area (Å²) in [5.41, 5.74) is -0.0806. The summed E-state index contributed by atoms with van der Waals surface area (Å²) in [5, 5.41) is 14.1. The average molecular weight is 238 g/mol. The molecule has 0 aliphatic heterocycles. The number of carbonyl (C=O) groups is 1. The fourth-order valence-electron chi connectivity index (χ4n) is 0.947. The minimum atomic E-state index is -2.83. The van der Waals surface area contributed by atoms with Crippen LogP contribution in [-0.2, 0) is 4.79 Å². The number of carbonyl (C=O) groups excluding carboxylic acids is 1. The van der Waals surface area contributed by atoms with Crippen LogP contribution in [0.2, 0.25) is 0 Å². The minimum Gasteiger partial charge on any atom is -0.385 e. The lowest BCUT2D eigenvalue weighted by molar-refractivity contribution is -0.122. The summed E-state index contributed by atoms with van der Waals surface area (Å²) in [5.74, 6) is -0.351. The summed E-state index contributed by atoms with van der Waals surface area (Å²) in [6.07, 6.45) is -4.42. The van der Waals surface area contributed by atoms with Crippen molar-refractivity contribution in [2.45, 2.75) is 45.3 Å². The molecule has 0 spiro atoms. The Balaban J connectivity index is 3.60. The number of halogens is 2. The first-order valence-corrected chi connectivity index (χ1v) is 5.20. The molecule has 1 atom stereocenters. The first-order chi connectivity index (χ1) is 7.22. The van der Waals surface area contributed by atoms with Crippen LogP contribution in [0.4, 0.5) is 8.78 Å². The van der Waals surface area contributed by atoms with Crippen LogP contribution in [0.25, 0.3) is 0 Å². The van der Waals surface area contributed by atoms with Gasteiger partial charge in [0.25, 0.3) is 6.43 Å². The molecule has 0 heterocycles. The second kappa shape index (κ2) is 6.75. The molecule has 0 aliphatic carbocycles. The van der Waals surface area contributed by atoms with Gasteiger partial charge in [0.05, 0.1) is 0 Å². The Bertz CT molecular complexity index is 217. The SMILES string of the molecule is CC(C)(C)NCCC(=O)NCC(O)C(F)F. The minimum absolute atomic E-state index is 0.0806. The Hall–Kier alpha value is -0.750. The molecule has 0 saturated carbocycles. The monoisotopic (exact) mass is 238 g/mol. The summed E-state index contributed by atoms with van der Waals surface area (Å²) in [7, 11) is 0. The van der Waals surface area contributed by atoms with Crippen LogP contribution in [0.15, 0.2) is 0 Å². The van der Waals surface area contributed by atoms with Gasteiger partial charge in [-0.2, -0.15) is 0 Å². The second-order valence-corrected chi connectivity index (χ2v) is 4.63. The molecule has 16 heavy (non-hydrogen) atoms. The second-order valence-electron chi connectivity index (χ2n) is 4.63. The predicted molar refractivity (Wildman–Crippen MR) is 57.4 cm³/mol. The van der Waals surface area contributed by atoms with Crippen LogP contribution in [0.1, 0.15) is 27.2 Å². The molecule has 3 N–H and O–H groups in total. The van der Waals surface area contributed by atoms with E-state index < -0.39 is 19.1 Å². The van der Waals surface area contributed by atoms with Gasteiger partial charge < -0.3 is 15.7 Å². The number of hydrogen-bond acceptors (Lipinski definition) is 3. The molecule has 4 nitrogen and oxygen atoms in total. The third-order valence-corrected chi connectivity index (χ3v) is 1.81. The summed E-state index contributed by atoms with van der Waals surface area (Å²) in [4.78, 5) is 11.1. The molecule has 96 valence electrons. The maximum absolute atomic E-state index is 11.9. The van der Waals surface area contributed by atoms with Crippen molar-refractivity contribution in [3.05, 3.63) is 0 Å². The van der Waals surface area contributed by atoms with E-state index in [0.717, 1.165) is 0 Å². The zero-order valence-electron chi connectivity index (χ0n) is 9.89. The molecule has 1 amide bonds. The summed E-state index contributed by atoms with van der Waals surface area (Å²) in [6.45, 7) is 5.95. The lowest BCUT2D eigenvalue weighted by Crippen LogP contribution is -2.40. The van der Waals surface area contributed by atoms with E-state index in [0.29, 0.717) is 6.54 Å². The molecule has 0 rings (SSSR count). The topological polar surface area (TPSA) is 61.4 Å². The van der Waals surface area contributed by atoms with Crippen molar-refractivity contribution >= 4 is 5.91 Å². The molecule has 0 radical (unpaired) electrons. The van der Waals surface area contributed by atoms with Gasteiger partial charge in [-0.1, -0.05) is 0 Å². The quantitative estimate of drug-likeness (QED) is 0.631. The van der Waals surface area contributed by atoms with E-state index in [9.17, 15) is 13.6 Å². The first-order valence-electron chi connectivity index (χ1n) is 5.20. The van der Waals surface area contributed by atoms with E-state index in [4.69, 9.17) is 5.11 Å². The van der Waals surface area contributed by atoms with Gasteiger partial charge in [-0.3, -0.25) is 4.79 Å². The summed E-state index contributed by atoms with van der Waals surface area (Å²) >= 11 is 0. The van der Waals surface area contributed by atoms with E-state index in [1.54, 1.807) is 0 Å². The number of rotatable bonds is 6. The number of alkyl halides is 2. The van der Waals surface area contributed by atoms with Gasteiger partial charge in [0.15, 0.2) is 0 Å². The zero-order valence-corrected chi connectivity index (χ0v) is 9.89. The van der Waals surface area contributed by atoms with Crippen LogP contribution >= 0.6 is 0 Å². The highest BCUT2D eigenvalue weighted by Gasteiger charge is 2.17. The molecular weight excluding hydrogens is 218 g/mol. The van der Waals surface area contributed by atoms with Crippen molar-refractivity contribution in [1.29, 1.82) is 0 Å². The molecule has 0 aromatic rings. The summed E-state index contributed by atoms with van der Waals surface area (Å²) in [6, 6.07) is 0. The van der Waals surface area contributed by atoms with Gasteiger partial charge in [-0.05, 0) is 20.8 Å². The smallest absolute Gasteiger partial charge is 0.265 e. The highest BCUT2D eigenvalue weighted by molar-refractivity contribution is 5.76. The average Bonchev–Trinajstić information content (AvgIpc) is 2.11. The van der Waals surface area contributed by atoms with E-state index >= 15 is 0 Å². The molecule has 0 bridgehead atoms. The van der Waals surface area contributed by atoms with Crippen LogP contribution in [0.3, 0.4) is 0 Å². The van der Waals surface area contributed by atoms with Crippen LogP contribution in [-0.4, -0.2) is 42.2 Å². The molecule has 6 heteroatoms. The Labute approximate surface area is 94.4 Å². The molecular formula is C10H20F2N2O2. The van der Waals surface area contributed by atoms with Crippen molar-refractivity contribution < 1.29 is 18.7 Å². The maximum Gasteiger partial charge on any atom is 0.265 e. The summed E-state index contributed by atoms with van der Waals surface area (Å²) < 4.78 is 23.7. The Morgan fingerprint density at radius 1 is 1.38 bits per heavy atom. The molecule has 0 aromatic heterocycles. The number of aliphatic hydroxyl groups is 1. The predicted octanol–water partition coefficient (Wildman–Crippen LogP) is 0.507. The Morgan fingerprint density at radius 3 is 2.38 bits per heavy atom. The highest BCUT2D eigenvalue weighted by atomic mass is 19.3. The Morgan fingerprint density at radius 2 is 1.94 bits per heavy atom. The van der Waals surface area contributed by atoms with Crippen molar-refractivity contribution in [3.8, 4) is 0 Å². The van der Waals surface area contributed by atoms with Crippen molar-refractivity contribution in [1.82, 2.24) is 10.6 Å². The van der Waals surface area contributed by atoms with Gasteiger partial charge in [0, 0.05) is 25.0 Å². The van der Waals surface area contributed by atoms with Gasteiger partial charge in [0.2, 0.25) is 5.91 Å². The van der Waals surface area contributed by atoms with Gasteiger partial charge in [0.1, 0.15) is 6.10 Å². The number of nitrogens with one attached hydrogen (secondary N) is 2. The largest absolute Gasteiger partial charge is 0.385 e. The molecule has 0 saturated heterocycles. The van der Waals surface area contributed by atoms with Crippen LogP contribution < -0.4 is 10.6 Å². The molecule has 1 unspecified atom stereocenters. The third-order valence-electron chi connectivity index (χ3n) is 1.81. The van der Waals surface area contributed by atoms with E-state index in [1.165, 1.54) is 0 Å². The van der Waals surface area contributed by atoms with Crippen molar-refractivity contribution in [2.75, 3.05) is 13.1 Å². The molecule has 0 aliphatic rings. The number of amides is 1. The Kier molecular flexibility index (Phi) is 6.43. The first kappa shape index (κ1) is 15.2. The van der Waals surface area contributed by atoms with E-state index in [-0.39, 0.29) is 17.9 Å². The highest BCUT2D eigenvalue weighted by Crippen LogP contribution is 1.99. The lowest BCUT2D eigenvalue weighted by atomic mass is 10.1.